The van der Waals surface area contributed by atoms with E-state index in [1.54, 1.807) is 0 Å². The average Bonchev–Trinajstić information content (AvgIpc) is 2.53. The Kier molecular flexibility index (Phi) is 5.21. The Morgan fingerprint density at radius 3 is 1.77 bits per heavy atom. The monoisotopic (exact) mass is 422 g/mol. The van der Waals surface area contributed by atoms with Crippen LogP contribution in [-0.4, -0.2) is 53.1 Å². The maximum Gasteiger partial charge on any atom is 0.243 e. The van der Waals surface area contributed by atoms with Crippen molar-refractivity contribution in [3.05, 3.63) is 24.3 Å². The lowest BCUT2D eigenvalue weighted by Crippen LogP contribution is -2.58. The molecule has 0 bridgehead atoms. The van der Waals surface area contributed by atoms with Gasteiger partial charge in [-0.25, -0.2) is 30.4 Å². The molecule has 1 saturated carbocycles. The van der Waals surface area contributed by atoms with Gasteiger partial charge in [-0.15, -0.1) is 0 Å². The van der Waals surface area contributed by atoms with Gasteiger partial charge in [-0.3, -0.25) is 0 Å². The molecule has 2 fully saturated rings. The number of benzene rings is 1. The van der Waals surface area contributed by atoms with Gasteiger partial charge in [0.25, 0.3) is 0 Å². The second kappa shape index (κ2) is 6.86. The number of primary sulfonamides is 1. The molecule has 0 amide bonds. The van der Waals surface area contributed by atoms with Gasteiger partial charge in [0.1, 0.15) is 0 Å². The minimum atomic E-state index is -3.91. The first-order chi connectivity index (χ1) is 12.0. The largest absolute Gasteiger partial charge is 0.243 e. The van der Waals surface area contributed by atoms with Crippen LogP contribution in [0.1, 0.15) is 32.1 Å². The Labute approximate surface area is 154 Å². The van der Waals surface area contributed by atoms with Crippen LogP contribution in [-0.2, 0) is 29.9 Å². The van der Waals surface area contributed by atoms with Crippen molar-refractivity contribution in [3.63, 3.8) is 0 Å². The number of nitrogens with zero attached hydrogens (tertiary/aromatic N) is 1. The van der Waals surface area contributed by atoms with Crippen LogP contribution in [0.5, 0.6) is 0 Å². The number of sulfone groups is 1. The molecule has 3 rings (SSSR count). The van der Waals surface area contributed by atoms with E-state index in [-0.39, 0.29) is 28.1 Å². The minimum absolute atomic E-state index is 0.0574. The molecule has 0 spiro atoms. The molecule has 1 aliphatic heterocycles. The van der Waals surface area contributed by atoms with Gasteiger partial charge < -0.3 is 0 Å². The van der Waals surface area contributed by atoms with Gasteiger partial charge in [0.15, 0.2) is 9.84 Å². The molecule has 1 saturated heterocycles. The number of hydrogen-bond donors (Lipinski definition) is 1. The zero-order chi connectivity index (χ0) is 19.2. The summed E-state index contributed by atoms with van der Waals surface area (Å²) in [4.78, 5) is -0.267. The first-order valence-corrected chi connectivity index (χ1v) is 13.0. The van der Waals surface area contributed by atoms with Crippen molar-refractivity contribution in [1.29, 1.82) is 0 Å². The van der Waals surface area contributed by atoms with E-state index in [2.05, 4.69) is 0 Å². The molecule has 1 aromatic rings. The van der Waals surface area contributed by atoms with E-state index < -0.39 is 35.1 Å². The van der Waals surface area contributed by atoms with Crippen LogP contribution in [0, 0.1) is 0 Å². The Hall–Kier alpha value is -1.01. The first kappa shape index (κ1) is 19.7. The van der Waals surface area contributed by atoms with Crippen LogP contribution in [0.4, 0.5) is 0 Å². The summed E-state index contributed by atoms with van der Waals surface area (Å²) >= 11 is 0. The lowest BCUT2D eigenvalue weighted by molar-refractivity contribution is 0.306. The maximum absolute atomic E-state index is 12.6. The molecule has 1 heterocycles. The fourth-order valence-corrected chi connectivity index (χ4v) is 7.97. The van der Waals surface area contributed by atoms with E-state index in [4.69, 9.17) is 5.14 Å². The first-order valence-electron chi connectivity index (χ1n) is 8.38. The smallest absolute Gasteiger partial charge is 0.228 e. The van der Waals surface area contributed by atoms with E-state index in [1.807, 2.05) is 0 Å². The summed E-state index contributed by atoms with van der Waals surface area (Å²) in [6.45, 7) is -0.115. The molecule has 0 atom stereocenters. The van der Waals surface area contributed by atoms with Gasteiger partial charge in [0.2, 0.25) is 20.0 Å². The second-order valence-electron chi connectivity index (χ2n) is 6.81. The third-order valence-corrected chi connectivity index (χ3v) is 10.5. The zero-order valence-corrected chi connectivity index (χ0v) is 16.6. The summed E-state index contributed by atoms with van der Waals surface area (Å²) in [5.74, 6) is 0. The van der Waals surface area contributed by atoms with E-state index in [9.17, 15) is 25.3 Å². The molecule has 146 valence electrons. The normalized spacial score (nSPS) is 21.4. The SMILES string of the molecule is NS(=O)(=O)c1ccc(S(=O)(=O)N2CC(S(=O)(=O)C3CCCCC3)C2)cc1. The van der Waals surface area contributed by atoms with Gasteiger partial charge in [-0.1, -0.05) is 19.3 Å². The molecule has 0 aromatic heterocycles. The van der Waals surface area contributed by atoms with Crippen molar-refractivity contribution in [2.75, 3.05) is 13.1 Å². The van der Waals surface area contributed by atoms with Crippen LogP contribution >= 0.6 is 0 Å². The summed E-state index contributed by atoms with van der Waals surface area (Å²) < 4.78 is 74.0. The van der Waals surface area contributed by atoms with Crippen molar-refractivity contribution in [1.82, 2.24) is 4.31 Å². The highest BCUT2D eigenvalue weighted by Crippen LogP contribution is 2.32. The second-order valence-corrected chi connectivity index (χ2v) is 12.8. The molecule has 26 heavy (non-hydrogen) atoms. The molecule has 2 aliphatic rings. The van der Waals surface area contributed by atoms with E-state index >= 15 is 0 Å². The highest BCUT2D eigenvalue weighted by atomic mass is 32.2. The molecule has 0 unspecified atom stereocenters. The van der Waals surface area contributed by atoms with Gasteiger partial charge in [-0.05, 0) is 37.1 Å². The fraction of sp³-hybridized carbons (Fsp3) is 0.600. The van der Waals surface area contributed by atoms with Crippen molar-refractivity contribution < 1.29 is 25.3 Å². The highest BCUT2D eigenvalue weighted by Gasteiger charge is 2.46. The van der Waals surface area contributed by atoms with Gasteiger partial charge in [0.05, 0.1) is 20.3 Å². The standard InChI is InChI=1S/C15H22N2O6S3/c16-25(20,21)13-6-8-14(9-7-13)26(22,23)17-10-15(11-17)24(18,19)12-4-2-1-3-5-12/h6-9,12,15H,1-5,10-11H2,(H2,16,20,21). The Morgan fingerprint density at radius 1 is 0.769 bits per heavy atom. The third kappa shape index (κ3) is 3.68. The van der Waals surface area contributed by atoms with Crippen molar-refractivity contribution >= 4 is 29.9 Å². The third-order valence-electron chi connectivity index (χ3n) is 5.09. The summed E-state index contributed by atoms with van der Waals surface area (Å²) in [5, 5.41) is 3.97. The van der Waals surface area contributed by atoms with Crippen LogP contribution in [0.2, 0.25) is 0 Å². The summed E-state index contributed by atoms with van der Waals surface area (Å²) in [6.07, 6.45) is 4.15. The maximum atomic E-state index is 12.6. The van der Waals surface area contributed by atoms with Gasteiger partial charge in [-0.2, -0.15) is 4.31 Å². The molecule has 11 heteroatoms. The molecule has 8 nitrogen and oxygen atoms in total. The molecular formula is C15H22N2O6S3. The van der Waals surface area contributed by atoms with Crippen molar-refractivity contribution in [2.24, 2.45) is 5.14 Å². The quantitative estimate of drug-likeness (QED) is 0.733. The van der Waals surface area contributed by atoms with E-state index in [1.165, 1.54) is 0 Å². The van der Waals surface area contributed by atoms with Gasteiger partial charge in [0, 0.05) is 13.1 Å². The topological polar surface area (TPSA) is 132 Å². The molecule has 1 aromatic carbocycles. The average molecular weight is 423 g/mol. The molecule has 2 N–H and O–H groups in total. The number of hydrogen-bond acceptors (Lipinski definition) is 6. The lowest BCUT2D eigenvalue weighted by Gasteiger charge is -2.39. The predicted octanol–water partition coefficient (Wildman–Crippen LogP) is 0.454. The van der Waals surface area contributed by atoms with Crippen LogP contribution in [0.25, 0.3) is 0 Å². The zero-order valence-electron chi connectivity index (χ0n) is 14.1. The van der Waals surface area contributed by atoms with Crippen molar-refractivity contribution in [3.8, 4) is 0 Å². The molecule has 0 radical (unpaired) electrons. The van der Waals surface area contributed by atoms with Crippen LogP contribution in [0.3, 0.4) is 0 Å². The summed E-state index contributed by atoms with van der Waals surface area (Å²) in [6, 6.07) is 4.58. The van der Waals surface area contributed by atoms with Gasteiger partial charge >= 0.3 is 0 Å². The Morgan fingerprint density at radius 2 is 1.27 bits per heavy atom. The predicted molar refractivity (Wildman–Crippen MR) is 96.2 cm³/mol. The molecular weight excluding hydrogens is 400 g/mol. The van der Waals surface area contributed by atoms with Crippen LogP contribution in [0.15, 0.2) is 34.1 Å². The minimum Gasteiger partial charge on any atom is -0.228 e. The number of sulfonamides is 2. The van der Waals surface area contributed by atoms with Crippen molar-refractivity contribution in [2.45, 2.75) is 52.4 Å². The summed E-state index contributed by atoms with van der Waals surface area (Å²) in [7, 11) is -11.1. The van der Waals surface area contributed by atoms with E-state index in [0.29, 0.717) is 12.8 Å². The molecule has 1 aliphatic carbocycles. The lowest BCUT2D eigenvalue weighted by atomic mass is 10.0. The number of rotatable bonds is 5. The van der Waals surface area contributed by atoms with Crippen LogP contribution < -0.4 is 5.14 Å². The Balaban J connectivity index is 1.71. The highest BCUT2D eigenvalue weighted by molar-refractivity contribution is 7.93. The summed E-state index contributed by atoms with van der Waals surface area (Å²) in [5.41, 5.74) is 0. The Bertz CT molecular complexity index is 972. The van der Waals surface area contributed by atoms with E-state index in [0.717, 1.165) is 47.8 Å². The number of nitrogens with two attached hydrogens (primary N) is 1. The fourth-order valence-electron chi connectivity index (χ4n) is 3.42.